The van der Waals surface area contributed by atoms with Crippen LogP contribution < -0.4 is 5.73 Å². The molecule has 0 aliphatic heterocycles. The van der Waals surface area contributed by atoms with Gasteiger partial charge < -0.3 is 5.73 Å². The molecular weight excluding hydrogens is 212 g/mol. The van der Waals surface area contributed by atoms with E-state index in [1.54, 1.807) is 6.20 Å². The molecule has 2 aromatic rings. The van der Waals surface area contributed by atoms with Gasteiger partial charge in [0, 0.05) is 31.7 Å². The molecule has 2 heterocycles. The molecular formula is C13H16N4. The number of rotatable bonds is 4. The summed E-state index contributed by atoms with van der Waals surface area (Å²) in [5, 5.41) is 0. The van der Waals surface area contributed by atoms with Crippen LogP contribution in [0.15, 0.2) is 42.9 Å². The number of pyridine rings is 2. The molecule has 4 heteroatoms. The quantitative estimate of drug-likeness (QED) is 0.865. The van der Waals surface area contributed by atoms with E-state index in [1.807, 2.05) is 30.6 Å². The van der Waals surface area contributed by atoms with Crippen LogP contribution in [0.2, 0.25) is 0 Å². The minimum Gasteiger partial charge on any atom is -0.384 e. The Labute approximate surface area is 101 Å². The molecule has 0 atom stereocenters. The first-order valence-electron chi connectivity index (χ1n) is 5.52. The van der Waals surface area contributed by atoms with Gasteiger partial charge in [-0.3, -0.25) is 9.88 Å². The van der Waals surface area contributed by atoms with Crippen molar-refractivity contribution in [3.8, 4) is 0 Å². The molecule has 4 nitrogen and oxygen atoms in total. The molecule has 2 aromatic heterocycles. The SMILES string of the molecule is CN(Cc1cccnc1)Cc1ccc(N)nc1. The summed E-state index contributed by atoms with van der Waals surface area (Å²) in [5.74, 6) is 0.559. The summed E-state index contributed by atoms with van der Waals surface area (Å²) in [6.07, 6.45) is 5.49. The zero-order valence-electron chi connectivity index (χ0n) is 9.87. The normalized spacial score (nSPS) is 10.7. The Balaban J connectivity index is 1.93. The van der Waals surface area contributed by atoms with Crippen molar-refractivity contribution in [2.24, 2.45) is 0 Å². The maximum atomic E-state index is 5.55. The zero-order valence-corrected chi connectivity index (χ0v) is 9.87. The molecule has 0 aromatic carbocycles. The molecule has 0 fully saturated rings. The Morgan fingerprint density at radius 2 is 1.88 bits per heavy atom. The minimum atomic E-state index is 0.559. The number of nitrogen functional groups attached to an aromatic ring is 1. The Hall–Kier alpha value is -1.94. The summed E-state index contributed by atoms with van der Waals surface area (Å²) in [6, 6.07) is 7.86. The van der Waals surface area contributed by atoms with Crippen molar-refractivity contribution in [3.63, 3.8) is 0 Å². The monoisotopic (exact) mass is 228 g/mol. The van der Waals surface area contributed by atoms with Crippen LogP contribution in [0.1, 0.15) is 11.1 Å². The largest absolute Gasteiger partial charge is 0.384 e. The lowest BCUT2D eigenvalue weighted by molar-refractivity contribution is 0.318. The highest BCUT2D eigenvalue weighted by Gasteiger charge is 2.02. The van der Waals surface area contributed by atoms with Crippen molar-refractivity contribution in [1.82, 2.24) is 14.9 Å². The van der Waals surface area contributed by atoms with Crippen molar-refractivity contribution in [3.05, 3.63) is 54.0 Å². The van der Waals surface area contributed by atoms with Gasteiger partial charge in [0.1, 0.15) is 5.82 Å². The summed E-state index contributed by atoms with van der Waals surface area (Å²) in [7, 11) is 2.07. The summed E-state index contributed by atoms with van der Waals surface area (Å²) < 4.78 is 0. The topological polar surface area (TPSA) is 55.0 Å². The van der Waals surface area contributed by atoms with Gasteiger partial charge in [-0.15, -0.1) is 0 Å². The Morgan fingerprint density at radius 3 is 2.47 bits per heavy atom. The fourth-order valence-electron chi connectivity index (χ4n) is 1.70. The number of nitrogens with zero attached hydrogens (tertiary/aromatic N) is 3. The van der Waals surface area contributed by atoms with Gasteiger partial charge in [0.05, 0.1) is 0 Å². The molecule has 0 spiro atoms. The molecule has 0 bridgehead atoms. The first-order valence-corrected chi connectivity index (χ1v) is 5.52. The van der Waals surface area contributed by atoms with E-state index in [-0.39, 0.29) is 0 Å². The maximum absolute atomic E-state index is 5.55. The van der Waals surface area contributed by atoms with Gasteiger partial charge >= 0.3 is 0 Å². The molecule has 0 aliphatic carbocycles. The first kappa shape index (κ1) is 11.5. The van der Waals surface area contributed by atoms with Crippen LogP contribution in [0.25, 0.3) is 0 Å². The summed E-state index contributed by atoms with van der Waals surface area (Å²) in [4.78, 5) is 10.4. The highest BCUT2D eigenvalue weighted by Crippen LogP contribution is 2.07. The van der Waals surface area contributed by atoms with Crippen molar-refractivity contribution < 1.29 is 0 Å². The highest BCUT2D eigenvalue weighted by atomic mass is 15.1. The number of anilines is 1. The van der Waals surface area contributed by atoms with Crippen LogP contribution in [-0.2, 0) is 13.1 Å². The van der Waals surface area contributed by atoms with Gasteiger partial charge in [-0.25, -0.2) is 4.98 Å². The molecule has 0 amide bonds. The van der Waals surface area contributed by atoms with E-state index in [4.69, 9.17) is 5.73 Å². The third-order valence-electron chi connectivity index (χ3n) is 2.48. The summed E-state index contributed by atoms with van der Waals surface area (Å²) in [5.41, 5.74) is 7.91. The van der Waals surface area contributed by atoms with Crippen molar-refractivity contribution in [2.45, 2.75) is 13.1 Å². The van der Waals surface area contributed by atoms with Crippen LogP contribution in [0.3, 0.4) is 0 Å². The van der Waals surface area contributed by atoms with Gasteiger partial charge in [-0.05, 0) is 30.3 Å². The second-order valence-corrected chi connectivity index (χ2v) is 4.12. The van der Waals surface area contributed by atoms with Crippen molar-refractivity contribution in [2.75, 3.05) is 12.8 Å². The average molecular weight is 228 g/mol. The van der Waals surface area contributed by atoms with Crippen LogP contribution in [-0.4, -0.2) is 21.9 Å². The van der Waals surface area contributed by atoms with Gasteiger partial charge in [-0.1, -0.05) is 12.1 Å². The van der Waals surface area contributed by atoms with Gasteiger partial charge in [-0.2, -0.15) is 0 Å². The van der Waals surface area contributed by atoms with Gasteiger partial charge in [0.15, 0.2) is 0 Å². The number of aromatic nitrogens is 2. The average Bonchev–Trinajstić information content (AvgIpc) is 2.33. The predicted molar refractivity (Wildman–Crippen MR) is 68.1 cm³/mol. The van der Waals surface area contributed by atoms with Crippen molar-refractivity contribution in [1.29, 1.82) is 0 Å². The fraction of sp³-hybridized carbons (Fsp3) is 0.231. The van der Waals surface area contributed by atoms with Crippen LogP contribution in [0.4, 0.5) is 5.82 Å². The lowest BCUT2D eigenvalue weighted by Crippen LogP contribution is -2.17. The van der Waals surface area contributed by atoms with Gasteiger partial charge in [0.2, 0.25) is 0 Å². The predicted octanol–water partition coefficient (Wildman–Crippen LogP) is 1.69. The minimum absolute atomic E-state index is 0.559. The molecule has 88 valence electrons. The van der Waals surface area contributed by atoms with E-state index in [1.165, 1.54) is 5.56 Å². The smallest absolute Gasteiger partial charge is 0.123 e. The van der Waals surface area contributed by atoms with Crippen LogP contribution >= 0.6 is 0 Å². The standard InChI is InChI=1S/C13H16N4/c1-17(9-11-3-2-6-15-7-11)10-12-4-5-13(14)16-8-12/h2-8H,9-10H2,1H3,(H2,14,16). The first-order chi connectivity index (χ1) is 8.24. The third kappa shape index (κ3) is 3.53. The maximum Gasteiger partial charge on any atom is 0.123 e. The van der Waals surface area contributed by atoms with Crippen molar-refractivity contribution >= 4 is 5.82 Å². The number of hydrogen-bond donors (Lipinski definition) is 1. The lowest BCUT2D eigenvalue weighted by Gasteiger charge is -2.16. The Kier molecular flexibility index (Phi) is 3.67. The molecule has 0 saturated heterocycles. The molecule has 0 unspecified atom stereocenters. The highest BCUT2D eigenvalue weighted by molar-refractivity contribution is 5.29. The third-order valence-corrected chi connectivity index (χ3v) is 2.48. The van der Waals surface area contributed by atoms with Gasteiger partial charge in [0.25, 0.3) is 0 Å². The molecule has 2 N–H and O–H groups in total. The van der Waals surface area contributed by atoms with E-state index >= 15 is 0 Å². The number of nitrogens with two attached hydrogens (primary N) is 1. The lowest BCUT2D eigenvalue weighted by atomic mass is 10.2. The van der Waals surface area contributed by atoms with Crippen LogP contribution in [0, 0.1) is 0 Å². The molecule has 0 radical (unpaired) electrons. The van der Waals surface area contributed by atoms with E-state index < -0.39 is 0 Å². The number of hydrogen-bond acceptors (Lipinski definition) is 4. The second-order valence-electron chi connectivity index (χ2n) is 4.12. The van der Waals surface area contributed by atoms with E-state index in [2.05, 4.69) is 28.0 Å². The molecule has 0 aliphatic rings. The van der Waals surface area contributed by atoms with E-state index in [9.17, 15) is 0 Å². The molecule has 0 saturated carbocycles. The summed E-state index contributed by atoms with van der Waals surface area (Å²) in [6.45, 7) is 1.72. The van der Waals surface area contributed by atoms with E-state index in [0.717, 1.165) is 18.7 Å². The molecule has 2 rings (SSSR count). The fourth-order valence-corrected chi connectivity index (χ4v) is 1.70. The Morgan fingerprint density at radius 1 is 1.12 bits per heavy atom. The molecule has 17 heavy (non-hydrogen) atoms. The Bertz CT molecular complexity index is 453. The second kappa shape index (κ2) is 5.41. The van der Waals surface area contributed by atoms with E-state index in [0.29, 0.717) is 5.82 Å². The van der Waals surface area contributed by atoms with Crippen LogP contribution in [0.5, 0.6) is 0 Å². The summed E-state index contributed by atoms with van der Waals surface area (Å²) >= 11 is 0. The zero-order chi connectivity index (χ0) is 12.1.